The molecule has 0 radical (unpaired) electrons. The summed E-state index contributed by atoms with van der Waals surface area (Å²) in [4.78, 5) is 12.8. The lowest BCUT2D eigenvalue weighted by atomic mass is 10.2. The lowest BCUT2D eigenvalue weighted by Crippen LogP contribution is -2.29. The Balaban J connectivity index is 1.68. The van der Waals surface area contributed by atoms with Crippen molar-refractivity contribution >= 4 is 39.1 Å². The lowest BCUT2D eigenvalue weighted by Gasteiger charge is -2.12. The van der Waals surface area contributed by atoms with Crippen LogP contribution in [0.2, 0.25) is 5.02 Å². The van der Waals surface area contributed by atoms with Crippen LogP contribution >= 0.6 is 22.9 Å². The van der Waals surface area contributed by atoms with Gasteiger partial charge in [-0.05, 0) is 12.0 Å². The summed E-state index contributed by atoms with van der Waals surface area (Å²) in [6.07, 6.45) is -1.36. The number of halogens is 4. The van der Waals surface area contributed by atoms with Gasteiger partial charge in [0, 0.05) is 31.7 Å². The van der Waals surface area contributed by atoms with Crippen LogP contribution < -0.4 is 5.32 Å². The number of carbonyl (C=O) groups excluding carboxylic acids is 1. The summed E-state index contributed by atoms with van der Waals surface area (Å²) in [5, 5.41) is 10.8. The summed E-state index contributed by atoms with van der Waals surface area (Å²) in [6.45, 7) is 2.84. The van der Waals surface area contributed by atoms with Crippen LogP contribution in [0, 0.1) is 5.92 Å². The van der Waals surface area contributed by atoms with Crippen molar-refractivity contribution < 1.29 is 18.0 Å². The van der Waals surface area contributed by atoms with Gasteiger partial charge in [-0.25, -0.2) is 0 Å². The Morgan fingerprint density at radius 2 is 2.19 bits per heavy atom. The summed E-state index contributed by atoms with van der Waals surface area (Å²) < 4.78 is 41.9. The Kier molecular flexibility index (Phi) is 4.98. The number of nitrogens with zero attached hydrogens (tertiary/aromatic N) is 4. The second kappa shape index (κ2) is 6.92. The number of hydrogen-bond donors (Lipinski definition) is 1. The normalized spacial score (nSPS) is 13.3. The largest absolute Gasteiger partial charge is 0.435 e. The molecule has 0 aliphatic heterocycles. The first-order chi connectivity index (χ1) is 12.1. The molecule has 1 N–H and O–H groups in total. The molecule has 0 spiro atoms. The second-order valence-corrected chi connectivity index (χ2v) is 7.46. The minimum Gasteiger partial charge on any atom is -0.351 e. The summed E-state index contributed by atoms with van der Waals surface area (Å²) in [7, 11) is 1.42. The van der Waals surface area contributed by atoms with E-state index in [2.05, 4.69) is 15.5 Å². The highest BCUT2D eigenvalue weighted by Gasteiger charge is 2.37. The standard InChI is InChI=1S/C15H15ClF3N5OS/c1-8(6-24-7-9(16)5-21-24)4-20-13(25)11-3-10-12(15(17,18)19)22-23(2)14(10)26-11/h3,5,7-8H,4,6H2,1-2H3,(H,20,25). The molecule has 0 fully saturated rings. The maximum absolute atomic E-state index is 13.0. The molecule has 0 bridgehead atoms. The molecule has 0 saturated carbocycles. The number of alkyl halides is 3. The molecule has 3 heterocycles. The van der Waals surface area contributed by atoms with Gasteiger partial charge in [0.1, 0.15) is 4.83 Å². The highest BCUT2D eigenvalue weighted by Crippen LogP contribution is 2.37. The molecule has 0 aliphatic rings. The SMILES string of the molecule is CC(CNC(=O)c1cc2c(C(F)(F)F)nn(C)c2s1)Cn1cc(Cl)cn1. The fourth-order valence-corrected chi connectivity index (χ4v) is 3.68. The summed E-state index contributed by atoms with van der Waals surface area (Å²) in [5.74, 6) is -0.346. The highest BCUT2D eigenvalue weighted by molar-refractivity contribution is 7.20. The van der Waals surface area contributed by atoms with Crippen molar-refractivity contribution in [2.75, 3.05) is 6.54 Å². The summed E-state index contributed by atoms with van der Waals surface area (Å²) in [5.41, 5.74) is -0.978. The molecule has 3 rings (SSSR count). The molecule has 1 unspecified atom stereocenters. The number of hydrogen-bond acceptors (Lipinski definition) is 4. The molecular weight excluding hydrogens is 391 g/mol. The molecule has 0 aliphatic carbocycles. The topological polar surface area (TPSA) is 64.7 Å². The fraction of sp³-hybridized carbons (Fsp3) is 0.400. The molecule has 1 atom stereocenters. The average molecular weight is 406 g/mol. The molecule has 0 aromatic carbocycles. The van der Waals surface area contributed by atoms with Crippen molar-refractivity contribution in [2.45, 2.75) is 19.6 Å². The van der Waals surface area contributed by atoms with Gasteiger partial charge in [0.25, 0.3) is 5.91 Å². The number of fused-ring (bicyclic) bond motifs is 1. The minimum atomic E-state index is -4.56. The molecule has 0 saturated heterocycles. The van der Waals surface area contributed by atoms with Crippen LogP contribution in [0.15, 0.2) is 18.5 Å². The third-order valence-electron chi connectivity index (χ3n) is 3.72. The van der Waals surface area contributed by atoms with Crippen molar-refractivity contribution in [3.05, 3.63) is 34.1 Å². The number of thiophene rings is 1. The number of nitrogens with one attached hydrogen (secondary N) is 1. The molecule has 3 aromatic rings. The van der Waals surface area contributed by atoms with Crippen LogP contribution in [0.1, 0.15) is 22.3 Å². The van der Waals surface area contributed by atoms with E-state index in [0.717, 1.165) is 16.0 Å². The van der Waals surface area contributed by atoms with E-state index in [9.17, 15) is 18.0 Å². The second-order valence-electron chi connectivity index (χ2n) is 6.00. The predicted molar refractivity (Wildman–Crippen MR) is 92.3 cm³/mol. The zero-order valence-corrected chi connectivity index (χ0v) is 15.4. The van der Waals surface area contributed by atoms with E-state index < -0.39 is 17.8 Å². The monoisotopic (exact) mass is 405 g/mol. The minimum absolute atomic E-state index is 0.0608. The van der Waals surface area contributed by atoms with E-state index in [-0.39, 0.29) is 16.2 Å². The molecule has 1 amide bonds. The van der Waals surface area contributed by atoms with Gasteiger partial charge < -0.3 is 5.32 Å². The maximum Gasteiger partial charge on any atom is 0.435 e. The number of amides is 1. The van der Waals surface area contributed by atoms with Gasteiger partial charge in [-0.1, -0.05) is 18.5 Å². The van der Waals surface area contributed by atoms with Crippen LogP contribution in [-0.2, 0) is 19.8 Å². The zero-order chi connectivity index (χ0) is 19.1. The molecular formula is C15H15ClF3N5OS. The van der Waals surface area contributed by atoms with E-state index in [0.29, 0.717) is 22.9 Å². The van der Waals surface area contributed by atoms with Crippen LogP contribution in [0.4, 0.5) is 13.2 Å². The number of rotatable bonds is 5. The van der Waals surface area contributed by atoms with Gasteiger partial charge in [0.2, 0.25) is 0 Å². The summed E-state index contributed by atoms with van der Waals surface area (Å²) in [6, 6.07) is 1.24. The van der Waals surface area contributed by atoms with Crippen molar-refractivity contribution in [1.29, 1.82) is 0 Å². The van der Waals surface area contributed by atoms with Gasteiger partial charge in [0.05, 0.1) is 16.1 Å². The van der Waals surface area contributed by atoms with Gasteiger partial charge in [-0.15, -0.1) is 11.3 Å². The van der Waals surface area contributed by atoms with E-state index in [1.54, 1.807) is 10.9 Å². The van der Waals surface area contributed by atoms with Crippen LogP contribution in [-0.4, -0.2) is 32.0 Å². The maximum atomic E-state index is 13.0. The molecule has 6 nitrogen and oxygen atoms in total. The number of aromatic nitrogens is 4. The van der Waals surface area contributed by atoms with Crippen LogP contribution in [0.3, 0.4) is 0 Å². The molecule has 140 valence electrons. The third-order valence-corrected chi connectivity index (χ3v) is 5.11. The lowest BCUT2D eigenvalue weighted by molar-refractivity contribution is -0.140. The Hall–Kier alpha value is -2.07. The van der Waals surface area contributed by atoms with E-state index in [1.165, 1.54) is 19.3 Å². The Morgan fingerprint density at radius 1 is 1.46 bits per heavy atom. The summed E-state index contributed by atoms with van der Waals surface area (Å²) >= 11 is 6.78. The smallest absolute Gasteiger partial charge is 0.351 e. The van der Waals surface area contributed by atoms with E-state index >= 15 is 0 Å². The third kappa shape index (κ3) is 3.85. The van der Waals surface area contributed by atoms with Crippen molar-refractivity contribution in [3.8, 4) is 0 Å². The van der Waals surface area contributed by atoms with Gasteiger partial charge in [0.15, 0.2) is 5.69 Å². The molecule has 26 heavy (non-hydrogen) atoms. The zero-order valence-electron chi connectivity index (χ0n) is 13.8. The predicted octanol–water partition coefficient (Wildman–Crippen LogP) is 3.57. The Morgan fingerprint density at radius 3 is 2.81 bits per heavy atom. The Labute approximate surface area is 155 Å². The molecule has 11 heteroatoms. The number of carbonyl (C=O) groups is 1. The van der Waals surface area contributed by atoms with Crippen LogP contribution in [0.25, 0.3) is 10.2 Å². The average Bonchev–Trinajstić information content (AvgIpc) is 3.21. The van der Waals surface area contributed by atoms with Crippen molar-refractivity contribution in [2.24, 2.45) is 13.0 Å². The Bertz CT molecular complexity index is 945. The van der Waals surface area contributed by atoms with Gasteiger partial charge in [-0.3, -0.25) is 14.2 Å². The highest BCUT2D eigenvalue weighted by atomic mass is 35.5. The van der Waals surface area contributed by atoms with Gasteiger partial charge >= 0.3 is 6.18 Å². The number of aryl methyl sites for hydroxylation is 1. The fourth-order valence-electron chi connectivity index (χ4n) is 2.54. The van der Waals surface area contributed by atoms with E-state index in [1.807, 2.05) is 6.92 Å². The van der Waals surface area contributed by atoms with Crippen LogP contribution in [0.5, 0.6) is 0 Å². The first-order valence-electron chi connectivity index (χ1n) is 7.65. The first-order valence-corrected chi connectivity index (χ1v) is 8.84. The van der Waals surface area contributed by atoms with Gasteiger partial charge in [-0.2, -0.15) is 23.4 Å². The quantitative estimate of drug-likeness (QED) is 0.705. The first kappa shape index (κ1) is 18.7. The van der Waals surface area contributed by atoms with Crippen molar-refractivity contribution in [3.63, 3.8) is 0 Å². The molecule has 3 aromatic heterocycles. The van der Waals surface area contributed by atoms with E-state index in [4.69, 9.17) is 11.6 Å². The van der Waals surface area contributed by atoms with Crippen molar-refractivity contribution in [1.82, 2.24) is 24.9 Å².